The van der Waals surface area contributed by atoms with Gasteiger partial charge < -0.3 is 20.2 Å². The van der Waals surface area contributed by atoms with Gasteiger partial charge in [-0.2, -0.15) is 4.39 Å². The van der Waals surface area contributed by atoms with E-state index >= 15 is 0 Å². The number of pyridine rings is 2. The second-order valence-corrected chi connectivity index (χ2v) is 7.23. The second kappa shape index (κ2) is 9.86. The van der Waals surface area contributed by atoms with Crippen LogP contribution in [0.3, 0.4) is 0 Å². The summed E-state index contributed by atoms with van der Waals surface area (Å²) in [4.78, 5) is 25.3. The number of anilines is 1. The molecule has 0 fully saturated rings. The molecule has 9 heteroatoms. The van der Waals surface area contributed by atoms with Crippen molar-refractivity contribution in [3.63, 3.8) is 0 Å². The molecule has 2 N–H and O–H groups in total. The summed E-state index contributed by atoms with van der Waals surface area (Å²) in [6.07, 6.45) is 3.24. The van der Waals surface area contributed by atoms with Crippen LogP contribution in [0, 0.1) is 12.9 Å². The Morgan fingerprint density at radius 2 is 2.00 bits per heavy atom. The minimum absolute atomic E-state index is 0.231. The molecule has 8 nitrogen and oxygen atoms in total. The zero-order chi connectivity index (χ0) is 22.3. The van der Waals surface area contributed by atoms with Crippen molar-refractivity contribution in [1.82, 2.24) is 15.3 Å². The standard InChI is InChI=1S/C23H22FN5O3/c1-15-11-16(8-10-25-15)28-23(30)27-13-17-12-18(32-29-17)14-31-21-7-3-2-5-19(21)20-6-4-9-26-22(20)24/h2-11,18H,12-14H2,1H3,(H2,25,27,28,30). The molecule has 1 atom stereocenters. The minimum atomic E-state index is -0.558. The molecule has 1 aliphatic rings. The Bertz CT molecular complexity index is 1140. The van der Waals surface area contributed by atoms with Crippen LogP contribution in [0.4, 0.5) is 14.9 Å². The molecular weight excluding hydrogens is 413 g/mol. The van der Waals surface area contributed by atoms with Gasteiger partial charge in [0.2, 0.25) is 5.95 Å². The highest BCUT2D eigenvalue weighted by Gasteiger charge is 2.23. The third-order valence-corrected chi connectivity index (χ3v) is 4.76. The average Bonchev–Trinajstić information content (AvgIpc) is 3.25. The molecule has 0 saturated carbocycles. The van der Waals surface area contributed by atoms with Crippen molar-refractivity contribution in [1.29, 1.82) is 0 Å². The summed E-state index contributed by atoms with van der Waals surface area (Å²) in [6.45, 7) is 2.33. The van der Waals surface area contributed by atoms with E-state index in [1.54, 1.807) is 42.6 Å². The van der Waals surface area contributed by atoms with E-state index in [0.29, 0.717) is 34.7 Å². The fourth-order valence-corrected chi connectivity index (χ4v) is 3.25. The van der Waals surface area contributed by atoms with E-state index in [1.165, 1.54) is 6.20 Å². The van der Waals surface area contributed by atoms with Crippen LogP contribution in [0.1, 0.15) is 12.1 Å². The quantitative estimate of drug-likeness (QED) is 0.548. The van der Waals surface area contributed by atoms with Crippen LogP contribution >= 0.6 is 0 Å². The van der Waals surface area contributed by atoms with E-state index in [2.05, 4.69) is 25.8 Å². The number of oxime groups is 1. The van der Waals surface area contributed by atoms with Crippen molar-refractivity contribution in [2.75, 3.05) is 18.5 Å². The smallest absolute Gasteiger partial charge is 0.319 e. The highest BCUT2D eigenvalue weighted by molar-refractivity contribution is 5.94. The van der Waals surface area contributed by atoms with Crippen molar-refractivity contribution in [3.8, 4) is 16.9 Å². The lowest BCUT2D eigenvalue weighted by molar-refractivity contribution is 0.0472. The maximum Gasteiger partial charge on any atom is 0.319 e. The summed E-state index contributed by atoms with van der Waals surface area (Å²) in [6, 6.07) is 13.7. The van der Waals surface area contributed by atoms with Crippen LogP contribution in [-0.4, -0.2) is 41.0 Å². The van der Waals surface area contributed by atoms with E-state index in [-0.39, 0.29) is 25.3 Å². The lowest BCUT2D eigenvalue weighted by Crippen LogP contribution is -2.33. The highest BCUT2D eigenvalue weighted by Crippen LogP contribution is 2.31. The number of rotatable bonds is 7. The van der Waals surface area contributed by atoms with Gasteiger partial charge in [0.15, 0.2) is 6.10 Å². The lowest BCUT2D eigenvalue weighted by Gasteiger charge is -2.14. The van der Waals surface area contributed by atoms with E-state index in [4.69, 9.17) is 9.57 Å². The normalized spacial score (nSPS) is 14.9. The molecule has 0 spiro atoms. The summed E-state index contributed by atoms with van der Waals surface area (Å²) < 4.78 is 20.0. The number of carbonyl (C=O) groups is 1. The van der Waals surface area contributed by atoms with Crippen molar-refractivity contribution >= 4 is 17.4 Å². The number of benzene rings is 1. The highest BCUT2D eigenvalue weighted by atomic mass is 19.1. The molecule has 1 unspecified atom stereocenters. The van der Waals surface area contributed by atoms with Crippen LogP contribution in [0.5, 0.6) is 5.75 Å². The molecule has 1 aliphatic heterocycles. The number of amides is 2. The Labute approximate surface area is 184 Å². The summed E-state index contributed by atoms with van der Waals surface area (Å²) in [5, 5.41) is 9.53. The third-order valence-electron chi connectivity index (χ3n) is 4.76. The number of carbonyl (C=O) groups excluding carboxylic acids is 1. The van der Waals surface area contributed by atoms with Gasteiger partial charge in [-0.25, -0.2) is 9.78 Å². The molecule has 0 radical (unpaired) electrons. The van der Waals surface area contributed by atoms with Crippen LogP contribution in [0.25, 0.3) is 11.1 Å². The molecule has 3 aromatic rings. The molecule has 164 valence electrons. The predicted molar refractivity (Wildman–Crippen MR) is 118 cm³/mol. The number of halogens is 1. The third kappa shape index (κ3) is 5.37. The molecule has 0 aliphatic carbocycles. The van der Waals surface area contributed by atoms with Crippen molar-refractivity contribution in [3.05, 3.63) is 72.6 Å². The topological polar surface area (TPSA) is 97.7 Å². The van der Waals surface area contributed by atoms with E-state index in [1.807, 2.05) is 19.1 Å². The van der Waals surface area contributed by atoms with Gasteiger partial charge in [0, 0.05) is 41.3 Å². The molecular formula is C23H22FN5O3. The second-order valence-electron chi connectivity index (χ2n) is 7.23. The zero-order valence-electron chi connectivity index (χ0n) is 17.4. The Hall–Kier alpha value is -4.01. The first-order valence-electron chi connectivity index (χ1n) is 10.1. The van der Waals surface area contributed by atoms with Crippen molar-refractivity contribution in [2.45, 2.75) is 19.4 Å². The number of nitrogens with one attached hydrogen (secondary N) is 2. The fourth-order valence-electron chi connectivity index (χ4n) is 3.25. The van der Waals surface area contributed by atoms with Gasteiger partial charge in [-0.3, -0.25) is 4.98 Å². The molecule has 0 bridgehead atoms. The van der Waals surface area contributed by atoms with E-state index in [0.717, 1.165) is 5.69 Å². The maximum absolute atomic E-state index is 14.1. The Morgan fingerprint density at radius 3 is 2.84 bits per heavy atom. The zero-order valence-corrected chi connectivity index (χ0v) is 17.4. The maximum atomic E-state index is 14.1. The number of hydrogen-bond donors (Lipinski definition) is 2. The fraction of sp³-hybridized carbons (Fsp3) is 0.217. The lowest BCUT2D eigenvalue weighted by atomic mass is 10.1. The predicted octanol–water partition coefficient (Wildman–Crippen LogP) is 3.94. The number of nitrogens with zero attached hydrogens (tertiary/aromatic N) is 3. The summed E-state index contributed by atoms with van der Waals surface area (Å²) in [5.41, 5.74) is 3.15. The SMILES string of the molecule is Cc1cc(NC(=O)NCC2=NOC(COc3ccccc3-c3cccnc3F)C2)ccn1. The Kier molecular flexibility index (Phi) is 6.54. The van der Waals surface area contributed by atoms with Gasteiger partial charge in [0.25, 0.3) is 0 Å². The first-order chi connectivity index (χ1) is 15.6. The van der Waals surface area contributed by atoms with Gasteiger partial charge >= 0.3 is 6.03 Å². The molecule has 1 aromatic carbocycles. The van der Waals surface area contributed by atoms with Crippen LogP contribution in [0.15, 0.2) is 66.1 Å². The molecule has 4 rings (SSSR count). The monoisotopic (exact) mass is 435 g/mol. The Morgan fingerprint density at radius 1 is 1.16 bits per heavy atom. The molecule has 3 heterocycles. The van der Waals surface area contributed by atoms with Gasteiger partial charge in [0.1, 0.15) is 12.4 Å². The molecule has 2 aromatic heterocycles. The molecule has 0 saturated heterocycles. The van der Waals surface area contributed by atoms with Crippen LogP contribution < -0.4 is 15.4 Å². The van der Waals surface area contributed by atoms with Gasteiger partial charge in [-0.15, -0.1) is 0 Å². The minimum Gasteiger partial charge on any atom is -0.489 e. The van der Waals surface area contributed by atoms with Crippen LogP contribution in [0.2, 0.25) is 0 Å². The molecule has 2 amide bonds. The summed E-state index contributed by atoms with van der Waals surface area (Å²) in [5.74, 6) is -0.0286. The van der Waals surface area contributed by atoms with E-state index < -0.39 is 5.95 Å². The first kappa shape index (κ1) is 21.2. The van der Waals surface area contributed by atoms with Gasteiger partial charge in [0.05, 0.1) is 12.3 Å². The number of aromatic nitrogens is 2. The number of ether oxygens (including phenoxy) is 1. The van der Waals surface area contributed by atoms with Crippen molar-refractivity contribution < 1.29 is 18.8 Å². The Balaban J connectivity index is 1.26. The van der Waals surface area contributed by atoms with Gasteiger partial charge in [-0.05, 0) is 37.3 Å². The first-order valence-corrected chi connectivity index (χ1v) is 10.1. The number of hydrogen-bond acceptors (Lipinski definition) is 6. The molecule has 32 heavy (non-hydrogen) atoms. The summed E-state index contributed by atoms with van der Waals surface area (Å²) >= 11 is 0. The number of aryl methyl sites for hydroxylation is 1. The summed E-state index contributed by atoms with van der Waals surface area (Å²) in [7, 11) is 0. The van der Waals surface area contributed by atoms with Crippen molar-refractivity contribution in [2.24, 2.45) is 5.16 Å². The van der Waals surface area contributed by atoms with Gasteiger partial charge in [-0.1, -0.05) is 23.4 Å². The number of para-hydroxylation sites is 1. The number of urea groups is 1. The van der Waals surface area contributed by atoms with Crippen LogP contribution in [-0.2, 0) is 4.84 Å². The van der Waals surface area contributed by atoms with E-state index in [9.17, 15) is 9.18 Å². The average molecular weight is 435 g/mol. The largest absolute Gasteiger partial charge is 0.489 e.